The summed E-state index contributed by atoms with van der Waals surface area (Å²) in [5.74, 6) is 0.623. The minimum atomic E-state index is -3.78. The first-order valence-corrected chi connectivity index (χ1v) is 11.0. The smallest absolute Gasteiger partial charge is 0.261 e. The van der Waals surface area contributed by atoms with Crippen molar-refractivity contribution in [3.8, 4) is 11.5 Å². The highest BCUT2D eigenvalue weighted by molar-refractivity contribution is 9.10. The van der Waals surface area contributed by atoms with Crippen molar-refractivity contribution >= 4 is 43.2 Å². The van der Waals surface area contributed by atoms with Gasteiger partial charge < -0.3 is 14.8 Å². The number of amides is 1. The molecule has 0 heterocycles. The molecule has 30 heavy (non-hydrogen) atoms. The Morgan fingerprint density at radius 1 is 0.867 bits per heavy atom. The molecule has 0 unspecified atom stereocenters. The normalized spacial score (nSPS) is 10.9. The van der Waals surface area contributed by atoms with Crippen LogP contribution in [0.1, 0.15) is 10.4 Å². The number of sulfonamides is 1. The number of hydrogen-bond acceptors (Lipinski definition) is 5. The lowest BCUT2D eigenvalue weighted by Crippen LogP contribution is -2.15. The van der Waals surface area contributed by atoms with E-state index in [1.807, 2.05) is 0 Å². The van der Waals surface area contributed by atoms with E-state index in [9.17, 15) is 13.2 Å². The Morgan fingerprint density at radius 2 is 1.57 bits per heavy atom. The summed E-state index contributed by atoms with van der Waals surface area (Å²) in [7, 11) is -0.752. The highest BCUT2D eigenvalue weighted by Crippen LogP contribution is 2.30. The van der Waals surface area contributed by atoms with Crippen LogP contribution in [0.2, 0.25) is 0 Å². The third kappa shape index (κ3) is 5.11. The van der Waals surface area contributed by atoms with Gasteiger partial charge in [-0.2, -0.15) is 0 Å². The van der Waals surface area contributed by atoms with Crippen molar-refractivity contribution in [2.24, 2.45) is 0 Å². The van der Waals surface area contributed by atoms with Crippen LogP contribution in [0.15, 0.2) is 76.1 Å². The number of benzene rings is 3. The molecule has 3 aromatic carbocycles. The summed E-state index contributed by atoms with van der Waals surface area (Å²) < 4.78 is 38.8. The Hall–Kier alpha value is -3.04. The lowest BCUT2D eigenvalue weighted by Gasteiger charge is -2.12. The fourth-order valence-corrected chi connectivity index (χ4v) is 3.98. The molecule has 156 valence electrons. The number of ether oxygens (including phenoxy) is 2. The van der Waals surface area contributed by atoms with E-state index < -0.39 is 15.9 Å². The van der Waals surface area contributed by atoms with E-state index in [0.29, 0.717) is 22.7 Å². The molecule has 0 saturated heterocycles. The van der Waals surface area contributed by atoms with Gasteiger partial charge in [0.05, 0.1) is 19.1 Å². The average Bonchev–Trinajstić information content (AvgIpc) is 2.73. The molecule has 3 rings (SSSR count). The minimum Gasteiger partial charge on any atom is -0.493 e. The van der Waals surface area contributed by atoms with Crippen molar-refractivity contribution in [3.05, 3.63) is 76.8 Å². The molecule has 0 fully saturated rings. The number of halogens is 1. The Labute approximate surface area is 183 Å². The van der Waals surface area contributed by atoms with E-state index in [4.69, 9.17) is 9.47 Å². The van der Waals surface area contributed by atoms with Gasteiger partial charge in [0, 0.05) is 27.5 Å². The van der Waals surface area contributed by atoms with Crippen molar-refractivity contribution in [2.75, 3.05) is 24.3 Å². The quantitative estimate of drug-likeness (QED) is 0.507. The summed E-state index contributed by atoms with van der Waals surface area (Å²) in [4.78, 5) is 12.7. The van der Waals surface area contributed by atoms with Gasteiger partial charge in [0.25, 0.3) is 15.9 Å². The standard InChI is InChI=1S/C21H19BrN2O5S/c1-28-19-11-8-16(13-20(19)29-2)23-21(25)14-4-3-5-17(12-14)24-30(26,27)18-9-6-15(22)7-10-18/h3-13,24H,1-2H3,(H,23,25). The molecular formula is C21H19BrN2O5S. The summed E-state index contributed by atoms with van der Waals surface area (Å²) in [6.07, 6.45) is 0. The van der Waals surface area contributed by atoms with Crippen LogP contribution in [-0.4, -0.2) is 28.5 Å². The zero-order chi connectivity index (χ0) is 21.7. The van der Waals surface area contributed by atoms with Crippen molar-refractivity contribution in [1.29, 1.82) is 0 Å². The summed E-state index contributed by atoms with van der Waals surface area (Å²) >= 11 is 3.27. The van der Waals surface area contributed by atoms with E-state index in [2.05, 4.69) is 26.0 Å². The third-order valence-electron chi connectivity index (χ3n) is 4.14. The van der Waals surface area contributed by atoms with Crippen molar-refractivity contribution in [2.45, 2.75) is 4.90 Å². The summed E-state index contributed by atoms with van der Waals surface area (Å²) in [6.45, 7) is 0. The van der Waals surface area contributed by atoms with Crippen LogP contribution in [0.4, 0.5) is 11.4 Å². The SMILES string of the molecule is COc1ccc(NC(=O)c2cccc(NS(=O)(=O)c3ccc(Br)cc3)c2)cc1OC. The van der Waals surface area contributed by atoms with Crippen molar-refractivity contribution < 1.29 is 22.7 Å². The lowest BCUT2D eigenvalue weighted by atomic mass is 10.2. The monoisotopic (exact) mass is 490 g/mol. The molecule has 9 heteroatoms. The maximum absolute atomic E-state index is 12.6. The zero-order valence-corrected chi connectivity index (χ0v) is 18.6. The topological polar surface area (TPSA) is 93.7 Å². The van der Waals surface area contributed by atoms with Gasteiger partial charge in [-0.15, -0.1) is 0 Å². The number of nitrogens with one attached hydrogen (secondary N) is 2. The van der Waals surface area contributed by atoms with Gasteiger partial charge >= 0.3 is 0 Å². The molecule has 0 aromatic heterocycles. The Morgan fingerprint density at radius 3 is 2.23 bits per heavy atom. The van der Waals surface area contributed by atoms with Gasteiger partial charge in [0.1, 0.15) is 0 Å². The molecule has 7 nitrogen and oxygen atoms in total. The van der Waals surface area contributed by atoms with E-state index in [-0.39, 0.29) is 10.6 Å². The molecule has 0 radical (unpaired) electrons. The van der Waals surface area contributed by atoms with Gasteiger partial charge in [-0.1, -0.05) is 22.0 Å². The summed E-state index contributed by atoms with van der Waals surface area (Å²) in [6, 6.07) is 17.5. The summed E-state index contributed by atoms with van der Waals surface area (Å²) in [5.41, 5.74) is 1.08. The van der Waals surface area contributed by atoms with Crippen LogP contribution in [-0.2, 0) is 10.0 Å². The lowest BCUT2D eigenvalue weighted by molar-refractivity contribution is 0.102. The Bertz CT molecular complexity index is 1160. The van der Waals surface area contributed by atoms with Gasteiger partial charge in [-0.05, 0) is 54.6 Å². The largest absolute Gasteiger partial charge is 0.493 e. The first kappa shape index (κ1) is 21.7. The Kier molecular flexibility index (Phi) is 6.63. The van der Waals surface area contributed by atoms with Crippen LogP contribution in [0.5, 0.6) is 11.5 Å². The summed E-state index contributed by atoms with van der Waals surface area (Å²) in [5, 5.41) is 2.76. The number of rotatable bonds is 7. The first-order chi connectivity index (χ1) is 14.3. The molecule has 1 amide bonds. The van der Waals surface area contributed by atoms with Crippen LogP contribution < -0.4 is 19.5 Å². The first-order valence-electron chi connectivity index (χ1n) is 8.74. The number of carbonyl (C=O) groups excluding carboxylic acids is 1. The fourth-order valence-electron chi connectivity index (χ4n) is 2.67. The number of anilines is 2. The minimum absolute atomic E-state index is 0.117. The third-order valence-corrected chi connectivity index (χ3v) is 6.07. The molecule has 2 N–H and O–H groups in total. The molecule has 0 aliphatic rings. The van der Waals surface area contributed by atoms with Crippen LogP contribution >= 0.6 is 15.9 Å². The van der Waals surface area contributed by atoms with Crippen LogP contribution in [0.3, 0.4) is 0 Å². The Balaban J connectivity index is 1.78. The molecule has 0 bridgehead atoms. The predicted octanol–water partition coefficient (Wildman–Crippen LogP) is 4.52. The zero-order valence-electron chi connectivity index (χ0n) is 16.2. The molecule has 0 aliphatic heterocycles. The van der Waals surface area contributed by atoms with E-state index in [1.165, 1.54) is 32.4 Å². The second kappa shape index (κ2) is 9.19. The van der Waals surface area contributed by atoms with Crippen molar-refractivity contribution in [3.63, 3.8) is 0 Å². The van der Waals surface area contributed by atoms with Crippen LogP contribution in [0, 0.1) is 0 Å². The second-order valence-corrected chi connectivity index (χ2v) is 8.76. The average molecular weight is 491 g/mol. The highest BCUT2D eigenvalue weighted by atomic mass is 79.9. The molecule has 0 spiro atoms. The van der Waals surface area contributed by atoms with E-state index in [0.717, 1.165) is 4.47 Å². The van der Waals surface area contributed by atoms with Crippen molar-refractivity contribution in [1.82, 2.24) is 0 Å². The van der Waals surface area contributed by atoms with Crippen LogP contribution in [0.25, 0.3) is 0 Å². The molecular weight excluding hydrogens is 472 g/mol. The van der Waals surface area contributed by atoms with E-state index in [1.54, 1.807) is 48.5 Å². The predicted molar refractivity (Wildman–Crippen MR) is 119 cm³/mol. The molecule has 0 atom stereocenters. The number of carbonyl (C=O) groups is 1. The molecule has 0 aliphatic carbocycles. The maximum atomic E-state index is 12.6. The second-order valence-electron chi connectivity index (χ2n) is 6.16. The van der Waals surface area contributed by atoms with Gasteiger partial charge in [0.2, 0.25) is 0 Å². The highest BCUT2D eigenvalue weighted by Gasteiger charge is 2.15. The maximum Gasteiger partial charge on any atom is 0.261 e. The van der Waals surface area contributed by atoms with Gasteiger partial charge in [0.15, 0.2) is 11.5 Å². The fraction of sp³-hybridized carbons (Fsp3) is 0.0952. The van der Waals surface area contributed by atoms with Gasteiger partial charge in [-0.3, -0.25) is 9.52 Å². The number of methoxy groups -OCH3 is 2. The number of hydrogen-bond donors (Lipinski definition) is 2. The molecule has 0 saturated carbocycles. The van der Waals surface area contributed by atoms with E-state index >= 15 is 0 Å². The molecule has 3 aromatic rings. The van der Waals surface area contributed by atoms with Gasteiger partial charge in [-0.25, -0.2) is 8.42 Å².